The summed E-state index contributed by atoms with van der Waals surface area (Å²) in [4.78, 5) is 11.3. The summed E-state index contributed by atoms with van der Waals surface area (Å²) in [5, 5.41) is 2.90. The summed E-state index contributed by atoms with van der Waals surface area (Å²) in [7, 11) is 0. The third-order valence-electron chi connectivity index (χ3n) is 5.14. The Kier molecular flexibility index (Phi) is 5.25. The molecule has 0 radical (unpaired) electrons. The van der Waals surface area contributed by atoms with Crippen molar-refractivity contribution >= 4 is 5.91 Å². The predicted octanol–water partition coefficient (Wildman–Crippen LogP) is 3.70. The molecule has 0 spiro atoms. The summed E-state index contributed by atoms with van der Waals surface area (Å²) in [6.07, 6.45) is 3.35. The minimum atomic E-state index is -0.0393. The van der Waals surface area contributed by atoms with Crippen LogP contribution in [0.15, 0.2) is 42.5 Å². The van der Waals surface area contributed by atoms with E-state index in [-0.39, 0.29) is 18.1 Å². The topological polar surface area (TPSA) is 47.6 Å². The maximum Gasteiger partial charge on any atom is 0.217 e. The van der Waals surface area contributed by atoms with E-state index in [4.69, 9.17) is 9.47 Å². The summed E-state index contributed by atoms with van der Waals surface area (Å²) in [5.74, 6) is 8.88. The fraction of sp³-hybridized carbons (Fsp3) is 0.375. The molecule has 1 amide bonds. The normalized spacial score (nSPS) is 18.3. The smallest absolute Gasteiger partial charge is 0.217 e. The molecular formula is C24H25NO3. The second-order valence-electron chi connectivity index (χ2n) is 7.70. The van der Waals surface area contributed by atoms with Gasteiger partial charge >= 0.3 is 0 Å². The van der Waals surface area contributed by atoms with Gasteiger partial charge in [0.1, 0.15) is 17.6 Å². The summed E-state index contributed by atoms with van der Waals surface area (Å²) in [6, 6.07) is 14.0. The zero-order valence-electron chi connectivity index (χ0n) is 16.3. The van der Waals surface area contributed by atoms with E-state index in [1.807, 2.05) is 43.3 Å². The number of ether oxygens (including phenoxy) is 2. The summed E-state index contributed by atoms with van der Waals surface area (Å²) in [6.45, 7) is 4.32. The average molecular weight is 375 g/mol. The number of fused-ring (bicyclic) bond motifs is 1. The fourth-order valence-corrected chi connectivity index (χ4v) is 3.30. The first-order chi connectivity index (χ1) is 13.6. The summed E-state index contributed by atoms with van der Waals surface area (Å²) < 4.78 is 11.8. The number of hydrogen-bond acceptors (Lipinski definition) is 3. The van der Waals surface area contributed by atoms with Crippen LogP contribution in [0, 0.1) is 17.8 Å². The van der Waals surface area contributed by atoms with Crippen molar-refractivity contribution in [3.8, 4) is 23.3 Å². The van der Waals surface area contributed by atoms with Crippen molar-refractivity contribution in [1.82, 2.24) is 5.32 Å². The van der Waals surface area contributed by atoms with Crippen molar-refractivity contribution in [2.45, 2.75) is 45.3 Å². The Morgan fingerprint density at radius 2 is 1.89 bits per heavy atom. The molecule has 2 aliphatic rings. The highest BCUT2D eigenvalue weighted by molar-refractivity contribution is 5.73. The Labute approximate surface area is 166 Å². The number of amides is 1. The van der Waals surface area contributed by atoms with Gasteiger partial charge in [-0.3, -0.25) is 4.79 Å². The molecule has 1 aliphatic heterocycles. The van der Waals surface area contributed by atoms with Gasteiger partial charge in [-0.2, -0.15) is 0 Å². The number of benzene rings is 2. The van der Waals surface area contributed by atoms with Crippen LogP contribution in [0.4, 0.5) is 0 Å². The number of carbonyl (C=O) groups excluding carboxylic acids is 1. The zero-order valence-corrected chi connectivity index (χ0v) is 16.3. The van der Waals surface area contributed by atoms with Crippen LogP contribution in [0.25, 0.3) is 0 Å². The third-order valence-corrected chi connectivity index (χ3v) is 5.14. The molecule has 0 saturated heterocycles. The Hall–Kier alpha value is -2.93. The third kappa shape index (κ3) is 4.67. The molecule has 1 unspecified atom stereocenters. The van der Waals surface area contributed by atoms with Gasteiger partial charge in [-0.15, -0.1) is 0 Å². The molecule has 2 aromatic rings. The van der Waals surface area contributed by atoms with Crippen molar-refractivity contribution in [2.24, 2.45) is 5.92 Å². The molecule has 1 saturated carbocycles. The number of rotatable bonds is 5. The molecule has 0 aromatic heterocycles. The monoisotopic (exact) mass is 375 g/mol. The molecule has 28 heavy (non-hydrogen) atoms. The number of hydrogen-bond donors (Lipinski definition) is 1. The van der Waals surface area contributed by atoms with Crippen molar-refractivity contribution < 1.29 is 14.3 Å². The lowest BCUT2D eigenvalue weighted by atomic mass is 10.0. The Morgan fingerprint density at radius 3 is 2.61 bits per heavy atom. The Balaban J connectivity index is 1.38. The van der Waals surface area contributed by atoms with Crippen LogP contribution in [0.2, 0.25) is 0 Å². The lowest BCUT2D eigenvalue weighted by molar-refractivity contribution is -0.120. The molecule has 2 atom stereocenters. The van der Waals surface area contributed by atoms with E-state index in [0.717, 1.165) is 47.1 Å². The Bertz CT molecular complexity index is 919. The predicted molar refractivity (Wildman–Crippen MR) is 108 cm³/mol. The van der Waals surface area contributed by atoms with E-state index >= 15 is 0 Å². The summed E-state index contributed by atoms with van der Waals surface area (Å²) in [5.41, 5.74) is 3.03. The van der Waals surface area contributed by atoms with E-state index in [0.29, 0.717) is 0 Å². The largest absolute Gasteiger partial charge is 0.493 e. The second-order valence-corrected chi connectivity index (χ2v) is 7.70. The van der Waals surface area contributed by atoms with Gasteiger partial charge in [0.25, 0.3) is 0 Å². The molecule has 4 nitrogen and oxygen atoms in total. The van der Waals surface area contributed by atoms with Crippen LogP contribution in [-0.2, 0) is 11.2 Å². The first-order valence-electron chi connectivity index (χ1n) is 9.88. The lowest BCUT2D eigenvalue weighted by Gasteiger charge is -2.19. The molecule has 2 aromatic carbocycles. The highest BCUT2D eigenvalue weighted by Crippen LogP contribution is 2.31. The average Bonchev–Trinajstić information content (AvgIpc) is 3.41. The minimum Gasteiger partial charge on any atom is -0.493 e. The van der Waals surface area contributed by atoms with Gasteiger partial charge in [-0.05, 0) is 67.6 Å². The lowest BCUT2D eigenvalue weighted by Crippen LogP contribution is -2.42. The van der Waals surface area contributed by atoms with Gasteiger partial charge in [-0.25, -0.2) is 0 Å². The fourth-order valence-electron chi connectivity index (χ4n) is 3.30. The zero-order chi connectivity index (χ0) is 19.5. The maximum absolute atomic E-state index is 11.3. The van der Waals surface area contributed by atoms with Crippen molar-refractivity contribution in [3.63, 3.8) is 0 Å². The van der Waals surface area contributed by atoms with Crippen molar-refractivity contribution in [3.05, 3.63) is 59.2 Å². The molecule has 1 fully saturated rings. The van der Waals surface area contributed by atoms with Crippen LogP contribution in [0.3, 0.4) is 0 Å². The molecule has 1 heterocycles. The molecule has 4 rings (SSSR count). The van der Waals surface area contributed by atoms with Crippen LogP contribution >= 0.6 is 0 Å². The first kappa shape index (κ1) is 18.4. The number of nitrogens with one attached hydrogen (secondary N) is 1. The van der Waals surface area contributed by atoms with Gasteiger partial charge in [0.05, 0.1) is 12.6 Å². The van der Waals surface area contributed by atoms with Crippen molar-refractivity contribution in [2.75, 3.05) is 6.61 Å². The van der Waals surface area contributed by atoms with Crippen LogP contribution in [0.5, 0.6) is 11.5 Å². The SMILES string of the molecule is CC(=O)NC(C)[C@@H]1Cc2ccc(C#Cc3ccc(OCC4CC4)cc3)cc2O1. The van der Waals surface area contributed by atoms with Gasteiger partial charge in [0.2, 0.25) is 5.91 Å². The van der Waals surface area contributed by atoms with Gasteiger partial charge in [0, 0.05) is 24.5 Å². The van der Waals surface area contributed by atoms with Crippen molar-refractivity contribution in [1.29, 1.82) is 0 Å². The summed E-state index contributed by atoms with van der Waals surface area (Å²) >= 11 is 0. The van der Waals surface area contributed by atoms with Gasteiger partial charge in [-0.1, -0.05) is 17.9 Å². The second kappa shape index (κ2) is 7.98. The highest BCUT2D eigenvalue weighted by Gasteiger charge is 2.28. The standard InChI is InChI=1S/C24H25NO3/c1-16(25-17(2)26)23-14-21-10-7-19(13-24(21)28-23)4-3-18-8-11-22(12-9-18)27-15-20-5-6-20/h7-13,16,20,23H,5-6,14-15H2,1-2H3,(H,25,26)/t16?,23-/m0/s1. The van der Waals surface area contributed by atoms with Gasteiger partial charge < -0.3 is 14.8 Å². The number of carbonyl (C=O) groups is 1. The molecule has 4 heteroatoms. The maximum atomic E-state index is 11.3. The van der Waals surface area contributed by atoms with E-state index in [9.17, 15) is 4.79 Å². The quantitative estimate of drug-likeness (QED) is 0.811. The molecular weight excluding hydrogens is 350 g/mol. The van der Waals surface area contributed by atoms with E-state index in [2.05, 4.69) is 23.2 Å². The van der Waals surface area contributed by atoms with E-state index in [1.54, 1.807) is 0 Å². The molecule has 0 bridgehead atoms. The minimum absolute atomic E-state index is 0.0277. The molecule has 1 N–H and O–H groups in total. The van der Waals surface area contributed by atoms with Crippen LogP contribution in [-0.4, -0.2) is 24.7 Å². The van der Waals surface area contributed by atoms with E-state index < -0.39 is 0 Å². The highest BCUT2D eigenvalue weighted by atomic mass is 16.5. The van der Waals surface area contributed by atoms with E-state index in [1.165, 1.54) is 19.8 Å². The van der Waals surface area contributed by atoms with Crippen LogP contribution in [0.1, 0.15) is 43.4 Å². The first-order valence-corrected chi connectivity index (χ1v) is 9.88. The Morgan fingerprint density at radius 1 is 1.18 bits per heavy atom. The van der Waals surface area contributed by atoms with Gasteiger partial charge in [0.15, 0.2) is 0 Å². The molecule has 144 valence electrons. The van der Waals surface area contributed by atoms with Crippen LogP contribution < -0.4 is 14.8 Å². The molecule has 1 aliphatic carbocycles.